The molecule has 1 unspecified atom stereocenters. The van der Waals surface area contributed by atoms with E-state index in [2.05, 4.69) is 5.32 Å². The molecule has 120 valence electrons. The Morgan fingerprint density at radius 2 is 1.86 bits per heavy atom. The maximum Gasteiger partial charge on any atom is 0.306 e. The number of ether oxygens (including phenoxy) is 1. The number of likely N-dealkylation sites (N-methyl/N-ethyl adjacent to an activating group) is 1. The number of carbonyl (C=O) groups is 3. The molecule has 0 bridgehead atoms. The van der Waals surface area contributed by atoms with E-state index in [-0.39, 0.29) is 30.6 Å². The molecule has 0 aromatic heterocycles. The third-order valence-corrected chi connectivity index (χ3v) is 3.34. The zero-order chi connectivity index (χ0) is 16.0. The van der Waals surface area contributed by atoms with Gasteiger partial charge in [0.05, 0.1) is 6.42 Å². The predicted octanol–water partition coefficient (Wildman–Crippen LogP) is 1.24. The van der Waals surface area contributed by atoms with E-state index in [4.69, 9.17) is 4.74 Å². The van der Waals surface area contributed by atoms with Crippen LogP contribution in [0, 0.1) is 0 Å². The number of likely N-dealkylation sites (tertiary alicyclic amines) is 1. The summed E-state index contributed by atoms with van der Waals surface area (Å²) in [4.78, 5) is 37.3. The van der Waals surface area contributed by atoms with Gasteiger partial charge in [-0.2, -0.15) is 0 Å². The number of hydrogen-bond acceptors (Lipinski definition) is 4. The van der Waals surface area contributed by atoms with Gasteiger partial charge < -0.3 is 15.0 Å². The summed E-state index contributed by atoms with van der Waals surface area (Å²) >= 11 is 0. The van der Waals surface area contributed by atoms with Crippen LogP contribution in [0.2, 0.25) is 0 Å². The standard InChI is InChI=1S/C15H26N2O4/c1-15(2,3)21-13(19)9-8-12(18)17-10-6-5-7-11(17)14(20)16-4/h11H,5-10H2,1-4H3,(H,16,20). The van der Waals surface area contributed by atoms with Crippen molar-refractivity contribution in [3.63, 3.8) is 0 Å². The smallest absolute Gasteiger partial charge is 0.306 e. The van der Waals surface area contributed by atoms with Gasteiger partial charge in [0.2, 0.25) is 11.8 Å². The third-order valence-electron chi connectivity index (χ3n) is 3.34. The topological polar surface area (TPSA) is 75.7 Å². The molecule has 0 aliphatic carbocycles. The minimum absolute atomic E-state index is 0.0487. The lowest BCUT2D eigenvalue weighted by Crippen LogP contribution is -2.51. The van der Waals surface area contributed by atoms with Gasteiger partial charge in [0, 0.05) is 20.0 Å². The van der Waals surface area contributed by atoms with Gasteiger partial charge in [-0.05, 0) is 40.0 Å². The van der Waals surface area contributed by atoms with Crippen molar-refractivity contribution in [1.82, 2.24) is 10.2 Å². The Labute approximate surface area is 126 Å². The van der Waals surface area contributed by atoms with Crippen LogP contribution in [0.15, 0.2) is 0 Å². The van der Waals surface area contributed by atoms with E-state index >= 15 is 0 Å². The monoisotopic (exact) mass is 298 g/mol. The van der Waals surface area contributed by atoms with Crippen LogP contribution in [0.5, 0.6) is 0 Å². The highest BCUT2D eigenvalue weighted by atomic mass is 16.6. The highest BCUT2D eigenvalue weighted by Gasteiger charge is 2.31. The quantitative estimate of drug-likeness (QED) is 0.792. The van der Waals surface area contributed by atoms with Gasteiger partial charge in [-0.15, -0.1) is 0 Å². The average Bonchev–Trinajstić information content (AvgIpc) is 2.42. The molecule has 1 fully saturated rings. The number of carbonyl (C=O) groups excluding carboxylic acids is 3. The zero-order valence-electron chi connectivity index (χ0n) is 13.4. The summed E-state index contributed by atoms with van der Waals surface area (Å²) in [5.41, 5.74) is -0.546. The van der Waals surface area contributed by atoms with Crippen molar-refractivity contribution in [1.29, 1.82) is 0 Å². The Hall–Kier alpha value is -1.59. The van der Waals surface area contributed by atoms with Crippen LogP contribution >= 0.6 is 0 Å². The first-order valence-corrected chi connectivity index (χ1v) is 7.47. The number of nitrogens with zero attached hydrogens (tertiary/aromatic N) is 1. The molecule has 1 N–H and O–H groups in total. The summed E-state index contributed by atoms with van der Waals surface area (Å²) in [5.74, 6) is -0.682. The van der Waals surface area contributed by atoms with E-state index < -0.39 is 11.6 Å². The first-order chi connectivity index (χ1) is 9.74. The molecule has 6 nitrogen and oxygen atoms in total. The van der Waals surface area contributed by atoms with E-state index in [1.807, 2.05) is 0 Å². The Morgan fingerprint density at radius 1 is 1.19 bits per heavy atom. The Balaban J connectivity index is 2.53. The lowest BCUT2D eigenvalue weighted by atomic mass is 10.0. The van der Waals surface area contributed by atoms with E-state index in [1.54, 1.807) is 32.7 Å². The molecule has 1 heterocycles. The molecule has 0 aromatic rings. The fourth-order valence-corrected chi connectivity index (χ4v) is 2.41. The predicted molar refractivity (Wildman–Crippen MR) is 78.5 cm³/mol. The molecule has 2 amide bonds. The molecule has 0 aromatic carbocycles. The summed E-state index contributed by atoms with van der Waals surface area (Å²) in [6.45, 7) is 5.95. The highest BCUT2D eigenvalue weighted by Crippen LogP contribution is 2.19. The Kier molecular flexibility index (Phi) is 6.18. The van der Waals surface area contributed by atoms with Crippen molar-refractivity contribution >= 4 is 17.8 Å². The molecule has 1 saturated heterocycles. The number of nitrogens with one attached hydrogen (secondary N) is 1. The minimum Gasteiger partial charge on any atom is -0.460 e. The highest BCUT2D eigenvalue weighted by molar-refractivity contribution is 5.88. The van der Waals surface area contributed by atoms with E-state index in [0.717, 1.165) is 12.8 Å². The minimum atomic E-state index is -0.546. The van der Waals surface area contributed by atoms with E-state index in [9.17, 15) is 14.4 Å². The molecule has 0 radical (unpaired) electrons. The van der Waals surface area contributed by atoms with Gasteiger partial charge in [-0.3, -0.25) is 14.4 Å². The third kappa shape index (κ3) is 5.73. The van der Waals surface area contributed by atoms with Crippen molar-refractivity contribution in [3.05, 3.63) is 0 Å². The van der Waals surface area contributed by atoms with Crippen LogP contribution in [0.3, 0.4) is 0 Å². The normalized spacial score (nSPS) is 19.0. The number of amides is 2. The molecule has 1 atom stereocenters. The molecule has 21 heavy (non-hydrogen) atoms. The van der Waals surface area contributed by atoms with Crippen LogP contribution < -0.4 is 5.32 Å². The summed E-state index contributed by atoms with van der Waals surface area (Å²) in [6.07, 6.45) is 2.65. The Bertz CT molecular complexity index is 401. The average molecular weight is 298 g/mol. The molecule has 1 aliphatic rings. The lowest BCUT2D eigenvalue weighted by molar-refractivity contribution is -0.156. The van der Waals surface area contributed by atoms with Crippen molar-refractivity contribution in [2.24, 2.45) is 0 Å². The SMILES string of the molecule is CNC(=O)C1CCCCN1C(=O)CCC(=O)OC(C)(C)C. The van der Waals surface area contributed by atoms with Gasteiger partial charge in [0.25, 0.3) is 0 Å². The van der Waals surface area contributed by atoms with E-state index in [0.29, 0.717) is 13.0 Å². The molecular formula is C15H26N2O4. The maximum atomic E-state index is 12.2. The number of piperidine rings is 1. The van der Waals surface area contributed by atoms with Crippen LogP contribution in [0.25, 0.3) is 0 Å². The number of hydrogen-bond donors (Lipinski definition) is 1. The van der Waals surface area contributed by atoms with Gasteiger partial charge in [0.1, 0.15) is 11.6 Å². The number of rotatable bonds is 4. The van der Waals surface area contributed by atoms with Gasteiger partial charge >= 0.3 is 5.97 Å². The van der Waals surface area contributed by atoms with Crippen molar-refractivity contribution < 1.29 is 19.1 Å². The molecule has 6 heteroatoms. The second-order valence-corrected chi connectivity index (χ2v) is 6.30. The fourth-order valence-electron chi connectivity index (χ4n) is 2.41. The summed E-state index contributed by atoms with van der Waals surface area (Å²) < 4.78 is 5.18. The van der Waals surface area contributed by atoms with Gasteiger partial charge in [0.15, 0.2) is 0 Å². The second-order valence-electron chi connectivity index (χ2n) is 6.30. The van der Waals surface area contributed by atoms with Crippen LogP contribution in [-0.4, -0.2) is 47.9 Å². The second kappa shape index (κ2) is 7.43. The first kappa shape index (κ1) is 17.5. The van der Waals surface area contributed by atoms with Crippen molar-refractivity contribution in [2.45, 2.75) is 64.5 Å². The van der Waals surface area contributed by atoms with Crippen LogP contribution in [0.4, 0.5) is 0 Å². The molecule has 0 spiro atoms. The maximum absolute atomic E-state index is 12.2. The molecule has 0 saturated carbocycles. The molecule has 1 rings (SSSR count). The van der Waals surface area contributed by atoms with Crippen LogP contribution in [0.1, 0.15) is 52.9 Å². The van der Waals surface area contributed by atoms with Gasteiger partial charge in [-0.25, -0.2) is 0 Å². The van der Waals surface area contributed by atoms with Gasteiger partial charge in [-0.1, -0.05) is 0 Å². The largest absolute Gasteiger partial charge is 0.460 e. The summed E-state index contributed by atoms with van der Waals surface area (Å²) in [6, 6.07) is -0.408. The fraction of sp³-hybridized carbons (Fsp3) is 0.800. The summed E-state index contributed by atoms with van der Waals surface area (Å²) in [5, 5.41) is 2.59. The number of esters is 1. The first-order valence-electron chi connectivity index (χ1n) is 7.47. The van der Waals surface area contributed by atoms with E-state index in [1.165, 1.54) is 0 Å². The Morgan fingerprint density at radius 3 is 2.43 bits per heavy atom. The zero-order valence-corrected chi connectivity index (χ0v) is 13.4. The molecular weight excluding hydrogens is 272 g/mol. The molecule has 1 aliphatic heterocycles. The summed E-state index contributed by atoms with van der Waals surface area (Å²) in [7, 11) is 1.57. The lowest BCUT2D eigenvalue weighted by Gasteiger charge is -2.34. The van der Waals surface area contributed by atoms with Crippen LogP contribution in [-0.2, 0) is 19.1 Å². The van der Waals surface area contributed by atoms with Crippen molar-refractivity contribution in [2.75, 3.05) is 13.6 Å². The van der Waals surface area contributed by atoms with Crippen molar-refractivity contribution in [3.8, 4) is 0 Å².